The van der Waals surface area contributed by atoms with Crippen molar-refractivity contribution in [1.82, 2.24) is 24.9 Å². The Kier molecular flexibility index (Phi) is 7.46. The number of aryl methyl sites for hydroxylation is 1. The first-order chi connectivity index (χ1) is 20.0. The van der Waals surface area contributed by atoms with Gasteiger partial charge in [-0.25, -0.2) is 19.4 Å². The third-order valence-electron chi connectivity index (χ3n) is 6.93. The van der Waals surface area contributed by atoms with Crippen molar-refractivity contribution in [2.45, 2.75) is 83.2 Å². The van der Waals surface area contributed by atoms with Gasteiger partial charge in [0.25, 0.3) is 0 Å². The largest absolute Gasteiger partial charge is 0.444 e. The minimum Gasteiger partial charge on any atom is -0.444 e. The van der Waals surface area contributed by atoms with E-state index in [2.05, 4.69) is 25.5 Å². The Morgan fingerprint density at radius 3 is 2.67 bits per heavy atom. The van der Waals surface area contributed by atoms with E-state index in [0.29, 0.717) is 28.4 Å². The lowest BCUT2D eigenvalue weighted by molar-refractivity contribution is -0.195. The molecule has 222 valence electrons. The summed E-state index contributed by atoms with van der Waals surface area (Å²) in [7, 11) is 0. The summed E-state index contributed by atoms with van der Waals surface area (Å²) in [5.74, 6) is 1.64. The van der Waals surface area contributed by atoms with Crippen LogP contribution < -0.4 is 5.32 Å². The van der Waals surface area contributed by atoms with E-state index < -0.39 is 29.8 Å². The number of ether oxygens (including phenoxy) is 4. The number of thioether (sulfide) groups is 1. The van der Waals surface area contributed by atoms with E-state index in [-0.39, 0.29) is 12.2 Å². The van der Waals surface area contributed by atoms with Crippen LogP contribution in [0.1, 0.15) is 52.1 Å². The minimum atomic E-state index is -0.785. The Morgan fingerprint density at radius 2 is 1.90 bits per heavy atom. The summed E-state index contributed by atoms with van der Waals surface area (Å²) >= 11 is 1.72. The highest BCUT2D eigenvalue weighted by Crippen LogP contribution is 2.45. The fourth-order valence-electron chi connectivity index (χ4n) is 5.19. The number of aromatic nitrogens is 5. The van der Waals surface area contributed by atoms with Crippen LogP contribution in [0.3, 0.4) is 0 Å². The third-order valence-corrected chi connectivity index (χ3v) is 7.98. The fraction of sp³-hybridized carbons (Fsp3) is 0.483. The molecule has 0 bridgehead atoms. The molecule has 2 aliphatic heterocycles. The Labute approximate surface area is 247 Å². The molecule has 1 aromatic carbocycles. The predicted molar refractivity (Wildman–Crippen MR) is 156 cm³/mol. The first-order valence-corrected chi connectivity index (χ1v) is 14.9. The van der Waals surface area contributed by atoms with Crippen LogP contribution in [0.2, 0.25) is 0 Å². The number of rotatable bonds is 7. The van der Waals surface area contributed by atoms with E-state index in [0.717, 1.165) is 22.6 Å². The molecule has 0 spiro atoms. The quantitative estimate of drug-likeness (QED) is 0.291. The fourth-order valence-corrected chi connectivity index (χ4v) is 6.35. The van der Waals surface area contributed by atoms with Crippen LogP contribution in [0.25, 0.3) is 22.4 Å². The molecule has 3 aromatic heterocycles. The van der Waals surface area contributed by atoms with Crippen molar-refractivity contribution in [2.75, 3.05) is 11.1 Å². The number of hydrogen-bond acceptors (Lipinski definition) is 11. The van der Waals surface area contributed by atoms with Crippen molar-refractivity contribution < 1.29 is 28.3 Å². The number of carbonyl (C=O) groups is 1. The number of nitrogens with one attached hydrogen (secondary N) is 1. The van der Waals surface area contributed by atoms with E-state index in [9.17, 15) is 4.79 Å². The molecule has 12 nitrogen and oxygen atoms in total. The highest BCUT2D eigenvalue weighted by Gasteiger charge is 2.56. The second-order valence-electron chi connectivity index (χ2n) is 11.8. The summed E-state index contributed by atoms with van der Waals surface area (Å²) < 4.78 is 31.9. The molecule has 4 atom stereocenters. The lowest BCUT2D eigenvalue weighted by Crippen LogP contribution is -2.31. The molecule has 2 saturated heterocycles. The predicted octanol–water partition coefficient (Wildman–Crippen LogP) is 5.49. The standard InChI is InChI=1S/C29H34N6O6S/c1-16-19(21(41-34-16)17-10-8-7-9-11-17)13-42-14-20-22-23(39-29(5,6)38-22)26(37-20)35-25-18(12-32-35)24(30-15-31-25)33-27(36)40-28(2,3)4/h7-12,15,20,22-23,26H,13-14H2,1-6H3,(H,30,31,33,36)/t20-,22-,23-,26-/m1/s1. The van der Waals surface area contributed by atoms with Gasteiger partial charge >= 0.3 is 6.09 Å². The molecule has 5 heterocycles. The van der Waals surface area contributed by atoms with Gasteiger partial charge in [-0.05, 0) is 41.5 Å². The topological polar surface area (TPSA) is 136 Å². The van der Waals surface area contributed by atoms with Crippen LogP contribution in [0.15, 0.2) is 47.4 Å². The third kappa shape index (κ3) is 5.74. The average molecular weight is 595 g/mol. The van der Waals surface area contributed by atoms with Crippen molar-refractivity contribution >= 4 is 34.7 Å². The van der Waals surface area contributed by atoms with Crippen LogP contribution in [-0.2, 0) is 24.7 Å². The van der Waals surface area contributed by atoms with Gasteiger partial charge in [0.05, 0.1) is 23.4 Å². The number of benzene rings is 1. The second kappa shape index (κ2) is 11.0. The Bertz CT molecular complexity index is 1580. The van der Waals surface area contributed by atoms with Crippen molar-refractivity contribution in [1.29, 1.82) is 0 Å². The monoisotopic (exact) mass is 594 g/mol. The van der Waals surface area contributed by atoms with Gasteiger partial charge in [0.1, 0.15) is 30.0 Å². The van der Waals surface area contributed by atoms with Gasteiger partial charge in [-0.2, -0.15) is 16.9 Å². The smallest absolute Gasteiger partial charge is 0.413 e. The Morgan fingerprint density at radius 1 is 1.14 bits per heavy atom. The van der Waals surface area contributed by atoms with Gasteiger partial charge in [-0.3, -0.25) is 5.32 Å². The first-order valence-electron chi connectivity index (χ1n) is 13.8. The lowest BCUT2D eigenvalue weighted by atomic mass is 10.1. The van der Waals surface area contributed by atoms with Crippen molar-refractivity contribution in [2.24, 2.45) is 0 Å². The summed E-state index contributed by atoms with van der Waals surface area (Å²) in [5, 5.41) is 12.0. The molecule has 0 aliphatic carbocycles. The maximum Gasteiger partial charge on any atom is 0.413 e. The van der Waals surface area contributed by atoms with Gasteiger partial charge in [-0.15, -0.1) is 0 Å². The maximum atomic E-state index is 12.4. The Balaban J connectivity index is 1.20. The zero-order valence-electron chi connectivity index (χ0n) is 24.4. The SMILES string of the molecule is Cc1noc(-c2ccccc2)c1CSC[C@H]1O[C@@H](n2ncc3c(NC(=O)OC(C)(C)C)ncnc32)[C@@H]2OC(C)(C)O[C@@H]21. The summed E-state index contributed by atoms with van der Waals surface area (Å²) in [6.45, 7) is 11.1. The Hall–Kier alpha value is -3.52. The second-order valence-corrected chi connectivity index (χ2v) is 12.8. The van der Waals surface area contributed by atoms with Crippen molar-refractivity contribution in [3.05, 3.63) is 54.1 Å². The normalized spacial score (nSPS) is 23.3. The minimum absolute atomic E-state index is 0.271. The van der Waals surface area contributed by atoms with Gasteiger partial charge in [0.15, 0.2) is 23.4 Å². The van der Waals surface area contributed by atoms with Crippen LogP contribution in [-0.4, -0.2) is 66.5 Å². The molecule has 0 saturated carbocycles. The van der Waals surface area contributed by atoms with Gasteiger partial charge in [-0.1, -0.05) is 35.5 Å². The maximum absolute atomic E-state index is 12.4. The molecule has 2 aliphatic rings. The molecule has 2 fully saturated rings. The molecular weight excluding hydrogens is 560 g/mol. The van der Waals surface area contributed by atoms with Crippen molar-refractivity contribution in [3.8, 4) is 11.3 Å². The van der Waals surface area contributed by atoms with Gasteiger partial charge in [0, 0.05) is 22.6 Å². The summed E-state index contributed by atoms with van der Waals surface area (Å²) in [6.07, 6.45) is 0.766. The molecule has 0 unspecified atom stereocenters. The molecule has 6 rings (SSSR count). The lowest BCUT2D eigenvalue weighted by Gasteiger charge is -2.24. The number of fused-ring (bicyclic) bond motifs is 2. The van der Waals surface area contributed by atoms with Gasteiger partial charge < -0.3 is 23.5 Å². The van der Waals surface area contributed by atoms with Crippen LogP contribution in [0.4, 0.5) is 10.6 Å². The highest BCUT2D eigenvalue weighted by atomic mass is 32.2. The van der Waals surface area contributed by atoms with Crippen LogP contribution >= 0.6 is 11.8 Å². The zero-order valence-corrected chi connectivity index (χ0v) is 25.2. The molecule has 13 heteroatoms. The van der Waals surface area contributed by atoms with Crippen LogP contribution in [0, 0.1) is 6.92 Å². The molecule has 42 heavy (non-hydrogen) atoms. The van der Waals surface area contributed by atoms with E-state index in [1.165, 1.54) is 6.33 Å². The van der Waals surface area contributed by atoms with E-state index in [1.54, 1.807) is 43.4 Å². The molecule has 1 N–H and O–H groups in total. The number of hydrogen-bond donors (Lipinski definition) is 1. The molecular formula is C29H34N6O6S. The van der Waals surface area contributed by atoms with Gasteiger partial charge in [0.2, 0.25) is 0 Å². The van der Waals surface area contributed by atoms with E-state index in [4.69, 9.17) is 23.5 Å². The number of nitrogens with zero attached hydrogens (tertiary/aromatic N) is 5. The zero-order chi connectivity index (χ0) is 29.6. The molecule has 1 amide bonds. The summed E-state index contributed by atoms with van der Waals surface area (Å²) in [4.78, 5) is 21.1. The van der Waals surface area contributed by atoms with Crippen LogP contribution in [0.5, 0.6) is 0 Å². The number of carbonyl (C=O) groups excluding carboxylic acids is 1. The van der Waals surface area contributed by atoms with E-state index >= 15 is 0 Å². The number of amides is 1. The molecule has 0 radical (unpaired) electrons. The first kappa shape index (κ1) is 28.6. The average Bonchev–Trinajstić information content (AvgIpc) is 3.66. The number of anilines is 1. The summed E-state index contributed by atoms with van der Waals surface area (Å²) in [5.41, 5.74) is 2.76. The van der Waals surface area contributed by atoms with Crippen molar-refractivity contribution in [3.63, 3.8) is 0 Å². The highest BCUT2D eigenvalue weighted by molar-refractivity contribution is 7.98. The molecule has 4 aromatic rings. The summed E-state index contributed by atoms with van der Waals surface area (Å²) in [6, 6.07) is 9.97. The van der Waals surface area contributed by atoms with E-state index in [1.807, 2.05) is 51.1 Å².